The van der Waals surface area contributed by atoms with Crippen LogP contribution in [0.3, 0.4) is 0 Å². The monoisotopic (exact) mass is 342 g/mol. The molecule has 6 heteroatoms. The van der Waals surface area contributed by atoms with Crippen LogP contribution in [0.4, 0.5) is 0 Å². The Morgan fingerprint density at radius 1 is 1.21 bits per heavy atom. The van der Waals surface area contributed by atoms with Gasteiger partial charge in [-0.2, -0.15) is 0 Å². The van der Waals surface area contributed by atoms with Crippen LogP contribution in [0.1, 0.15) is 20.1 Å². The van der Waals surface area contributed by atoms with Crippen molar-refractivity contribution in [3.63, 3.8) is 0 Å². The topological polar surface area (TPSA) is 71.2 Å². The lowest BCUT2D eigenvalue weighted by Crippen LogP contribution is -2.30. The second-order valence-electron chi connectivity index (χ2n) is 5.45. The number of aromatic amines is 1. The van der Waals surface area contributed by atoms with Gasteiger partial charge in [0.2, 0.25) is 0 Å². The van der Waals surface area contributed by atoms with Crippen molar-refractivity contribution < 1.29 is 14.3 Å². The lowest BCUT2D eigenvalue weighted by molar-refractivity contribution is -0.124. The highest BCUT2D eigenvalue weighted by Gasteiger charge is 2.12. The number of esters is 1. The molecule has 0 fully saturated rings. The smallest absolute Gasteiger partial charge is 0.348 e. The molecule has 3 aromatic rings. The standard InChI is InChI=1S/C18H18N2O3S/c1-12-6-7-16(24-12)18(22)23-11-17(21)19-9-8-13-10-20-15-5-3-2-4-14(13)15/h2-7,10,20H,8-9,11H2,1H3,(H,19,21). The molecule has 1 amide bonds. The highest BCUT2D eigenvalue weighted by molar-refractivity contribution is 7.13. The van der Waals surface area contributed by atoms with E-state index in [4.69, 9.17) is 4.74 Å². The molecular weight excluding hydrogens is 324 g/mol. The van der Waals surface area contributed by atoms with Crippen molar-refractivity contribution in [1.82, 2.24) is 10.3 Å². The van der Waals surface area contributed by atoms with Gasteiger partial charge in [-0.15, -0.1) is 11.3 Å². The molecule has 0 saturated carbocycles. The van der Waals surface area contributed by atoms with Crippen molar-refractivity contribution >= 4 is 34.1 Å². The van der Waals surface area contributed by atoms with Crippen molar-refractivity contribution in [2.24, 2.45) is 0 Å². The fraction of sp³-hybridized carbons (Fsp3) is 0.222. The van der Waals surface area contributed by atoms with Crippen molar-refractivity contribution in [3.05, 3.63) is 57.9 Å². The van der Waals surface area contributed by atoms with Crippen LogP contribution in [0.25, 0.3) is 10.9 Å². The van der Waals surface area contributed by atoms with E-state index >= 15 is 0 Å². The number of rotatable bonds is 6. The number of ether oxygens (including phenoxy) is 1. The molecule has 3 rings (SSSR count). The zero-order chi connectivity index (χ0) is 16.9. The summed E-state index contributed by atoms with van der Waals surface area (Å²) in [5.74, 6) is -0.753. The quantitative estimate of drug-likeness (QED) is 0.676. The Morgan fingerprint density at radius 3 is 2.83 bits per heavy atom. The number of hydrogen-bond donors (Lipinski definition) is 2. The molecule has 124 valence electrons. The number of carbonyl (C=O) groups is 2. The number of aromatic nitrogens is 1. The first-order valence-electron chi connectivity index (χ1n) is 7.69. The highest BCUT2D eigenvalue weighted by Crippen LogP contribution is 2.18. The fourth-order valence-corrected chi connectivity index (χ4v) is 3.23. The van der Waals surface area contributed by atoms with Crippen LogP contribution in [0.5, 0.6) is 0 Å². The van der Waals surface area contributed by atoms with Gasteiger partial charge in [0.1, 0.15) is 4.88 Å². The first kappa shape index (κ1) is 16.3. The van der Waals surface area contributed by atoms with Crippen LogP contribution in [-0.4, -0.2) is 30.0 Å². The van der Waals surface area contributed by atoms with Crippen LogP contribution < -0.4 is 5.32 Å². The number of nitrogens with one attached hydrogen (secondary N) is 2. The minimum atomic E-state index is -0.458. The van der Waals surface area contributed by atoms with Crippen molar-refractivity contribution in [1.29, 1.82) is 0 Å². The van der Waals surface area contributed by atoms with Crippen molar-refractivity contribution in [2.45, 2.75) is 13.3 Å². The van der Waals surface area contributed by atoms with Gasteiger partial charge < -0.3 is 15.0 Å². The van der Waals surface area contributed by atoms with Crippen LogP contribution in [-0.2, 0) is 16.0 Å². The number of fused-ring (bicyclic) bond motifs is 1. The van der Waals surface area contributed by atoms with Gasteiger partial charge >= 0.3 is 5.97 Å². The number of aryl methyl sites for hydroxylation is 1. The van der Waals surface area contributed by atoms with E-state index in [1.54, 1.807) is 6.07 Å². The summed E-state index contributed by atoms with van der Waals surface area (Å²) < 4.78 is 5.01. The zero-order valence-electron chi connectivity index (χ0n) is 13.3. The van der Waals surface area contributed by atoms with Gasteiger partial charge in [0.15, 0.2) is 6.61 Å². The van der Waals surface area contributed by atoms with E-state index in [-0.39, 0.29) is 12.5 Å². The molecule has 2 heterocycles. The minimum Gasteiger partial charge on any atom is -0.451 e. The van der Waals surface area contributed by atoms with E-state index < -0.39 is 5.97 Å². The second kappa shape index (κ2) is 7.31. The van der Waals surface area contributed by atoms with Crippen molar-refractivity contribution in [2.75, 3.05) is 13.2 Å². The van der Waals surface area contributed by atoms with E-state index in [0.717, 1.165) is 21.3 Å². The number of benzene rings is 1. The molecule has 0 aliphatic carbocycles. The number of H-pyrrole nitrogens is 1. The third kappa shape index (κ3) is 3.83. The minimum absolute atomic E-state index is 0.260. The first-order chi connectivity index (χ1) is 11.6. The zero-order valence-corrected chi connectivity index (χ0v) is 14.1. The molecule has 0 aliphatic rings. The van der Waals surface area contributed by atoms with Gasteiger partial charge in [0, 0.05) is 28.5 Å². The lowest BCUT2D eigenvalue weighted by Gasteiger charge is -2.05. The number of para-hydroxylation sites is 1. The average molecular weight is 342 g/mol. The summed E-state index contributed by atoms with van der Waals surface area (Å²) in [5.41, 5.74) is 2.23. The Balaban J connectivity index is 1.43. The van der Waals surface area contributed by atoms with Gasteiger partial charge in [-0.05, 0) is 37.1 Å². The summed E-state index contributed by atoms with van der Waals surface area (Å²) in [6.07, 6.45) is 2.67. The Kier molecular flexibility index (Phi) is 4.96. The summed E-state index contributed by atoms with van der Waals surface area (Å²) in [5, 5.41) is 3.93. The Morgan fingerprint density at radius 2 is 2.04 bits per heavy atom. The maximum Gasteiger partial charge on any atom is 0.348 e. The molecule has 2 aromatic heterocycles. The van der Waals surface area contributed by atoms with Crippen LogP contribution >= 0.6 is 11.3 Å². The largest absolute Gasteiger partial charge is 0.451 e. The van der Waals surface area contributed by atoms with Crippen LogP contribution in [0.2, 0.25) is 0 Å². The summed E-state index contributed by atoms with van der Waals surface area (Å²) in [6, 6.07) is 11.6. The highest BCUT2D eigenvalue weighted by atomic mass is 32.1. The third-order valence-electron chi connectivity index (χ3n) is 3.67. The molecule has 0 unspecified atom stereocenters. The molecule has 2 N–H and O–H groups in total. The van der Waals surface area contributed by atoms with Crippen LogP contribution in [0, 0.1) is 6.92 Å². The number of carbonyl (C=O) groups excluding carboxylic acids is 2. The Labute approximate surface area is 143 Å². The van der Waals surface area contributed by atoms with Gasteiger partial charge in [0.25, 0.3) is 5.91 Å². The number of amides is 1. The third-order valence-corrected chi connectivity index (χ3v) is 4.65. The fourth-order valence-electron chi connectivity index (χ4n) is 2.47. The van der Waals surface area contributed by atoms with Crippen LogP contribution in [0.15, 0.2) is 42.6 Å². The number of thiophene rings is 1. The predicted octanol–water partition coefficient (Wildman–Crippen LogP) is 3.05. The molecule has 0 radical (unpaired) electrons. The lowest BCUT2D eigenvalue weighted by atomic mass is 10.1. The first-order valence-corrected chi connectivity index (χ1v) is 8.50. The summed E-state index contributed by atoms with van der Waals surface area (Å²) in [4.78, 5) is 28.3. The van der Waals surface area contributed by atoms with Crippen molar-refractivity contribution in [3.8, 4) is 0 Å². The van der Waals surface area contributed by atoms with E-state index in [9.17, 15) is 9.59 Å². The van der Waals surface area contributed by atoms with Gasteiger partial charge in [-0.3, -0.25) is 4.79 Å². The van der Waals surface area contributed by atoms with Gasteiger partial charge in [-0.25, -0.2) is 4.79 Å². The molecule has 5 nitrogen and oxygen atoms in total. The molecule has 0 bridgehead atoms. The maximum absolute atomic E-state index is 11.8. The normalized spacial score (nSPS) is 10.7. The second-order valence-corrected chi connectivity index (χ2v) is 6.73. The average Bonchev–Trinajstić information content (AvgIpc) is 3.19. The molecular formula is C18H18N2O3S. The molecule has 1 aromatic carbocycles. The SMILES string of the molecule is Cc1ccc(C(=O)OCC(=O)NCCc2c[nH]c3ccccc23)s1. The molecule has 0 saturated heterocycles. The molecule has 24 heavy (non-hydrogen) atoms. The van der Waals surface area contributed by atoms with E-state index in [1.165, 1.54) is 11.3 Å². The Bertz CT molecular complexity index is 866. The van der Waals surface area contributed by atoms with E-state index in [2.05, 4.69) is 10.3 Å². The molecule has 0 aliphatic heterocycles. The number of hydrogen-bond acceptors (Lipinski definition) is 4. The van der Waals surface area contributed by atoms with E-state index in [1.807, 2.05) is 43.5 Å². The molecule has 0 atom stereocenters. The predicted molar refractivity (Wildman–Crippen MR) is 94.4 cm³/mol. The summed E-state index contributed by atoms with van der Waals surface area (Å²) >= 11 is 1.35. The Hall–Kier alpha value is -2.60. The maximum atomic E-state index is 11.8. The summed E-state index contributed by atoms with van der Waals surface area (Å²) in [6.45, 7) is 2.15. The van der Waals surface area contributed by atoms with Gasteiger partial charge in [-0.1, -0.05) is 18.2 Å². The van der Waals surface area contributed by atoms with Gasteiger partial charge in [0.05, 0.1) is 0 Å². The summed E-state index contributed by atoms with van der Waals surface area (Å²) in [7, 11) is 0. The van der Waals surface area contributed by atoms with E-state index in [0.29, 0.717) is 17.8 Å². The molecule has 0 spiro atoms.